The molecule has 1 aromatic heterocycles. The fourth-order valence-electron chi connectivity index (χ4n) is 3.02. The number of benzene rings is 2. The Balaban J connectivity index is 1.83. The van der Waals surface area contributed by atoms with Gasteiger partial charge in [0, 0.05) is 10.7 Å². The SMILES string of the molecule is COC(=O)c1c(NC(=O)Cc2ccc(OC)cc2)sc(C(=O)Nc2cccc(Cl)c2)c1C. The van der Waals surface area contributed by atoms with Crippen molar-refractivity contribution in [1.29, 1.82) is 0 Å². The number of rotatable bonds is 7. The summed E-state index contributed by atoms with van der Waals surface area (Å²) in [4.78, 5) is 38.1. The molecule has 0 aliphatic rings. The lowest BCUT2D eigenvalue weighted by atomic mass is 10.1. The van der Waals surface area contributed by atoms with Crippen molar-refractivity contribution in [3.05, 3.63) is 75.1 Å². The third-order valence-corrected chi connectivity index (χ3v) is 6.04. The van der Waals surface area contributed by atoms with Crippen molar-refractivity contribution in [3.63, 3.8) is 0 Å². The number of ether oxygens (including phenoxy) is 2. The average molecular weight is 473 g/mol. The lowest BCUT2D eigenvalue weighted by molar-refractivity contribution is -0.115. The molecule has 0 atom stereocenters. The average Bonchev–Trinajstić information content (AvgIpc) is 3.09. The monoisotopic (exact) mass is 472 g/mol. The first kappa shape index (κ1) is 23.3. The zero-order valence-electron chi connectivity index (χ0n) is 17.7. The van der Waals surface area contributed by atoms with E-state index in [9.17, 15) is 14.4 Å². The van der Waals surface area contributed by atoms with Crippen molar-refractivity contribution in [2.75, 3.05) is 24.9 Å². The van der Waals surface area contributed by atoms with E-state index in [2.05, 4.69) is 10.6 Å². The number of hydrogen-bond donors (Lipinski definition) is 2. The molecule has 1 heterocycles. The number of thiophene rings is 1. The van der Waals surface area contributed by atoms with Crippen LogP contribution in [-0.2, 0) is 16.0 Å². The van der Waals surface area contributed by atoms with Gasteiger partial charge in [0.05, 0.1) is 31.1 Å². The van der Waals surface area contributed by atoms with Gasteiger partial charge in [-0.15, -0.1) is 11.3 Å². The molecule has 0 saturated heterocycles. The van der Waals surface area contributed by atoms with E-state index >= 15 is 0 Å². The highest BCUT2D eigenvalue weighted by Gasteiger charge is 2.26. The van der Waals surface area contributed by atoms with E-state index in [0.29, 0.717) is 22.0 Å². The number of methoxy groups -OCH3 is 2. The van der Waals surface area contributed by atoms with Crippen molar-refractivity contribution in [2.45, 2.75) is 13.3 Å². The second kappa shape index (κ2) is 10.3. The topological polar surface area (TPSA) is 93.7 Å². The van der Waals surface area contributed by atoms with E-state index in [-0.39, 0.29) is 27.8 Å². The lowest BCUT2D eigenvalue weighted by Gasteiger charge is -2.07. The van der Waals surface area contributed by atoms with Crippen molar-refractivity contribution in [2.24, 2.45) is 0 Å². The summed E-state index contributed by atoms with van der Waals surface area (Å²) in [5, 5.41) is 6.22. The first-order valence-electron chi connectivity index (χ1n) is 9.53. The van der Waals surface area contributed by atoms with E-state index in [4.69, 9.17) is 21.1 Å². The number of nitrogens with one attached hydrogen (secondary N) is 2. The molecule has 2 amide bonds. The molecule has 9 heteroatoms. The van der Waals surface area contributed by atoms with Crippen molar-refractivity contribution < 1.29 is 23.9 Å². The molecule has 3 aromatic rings. The summed E-state index contributed by atoms with van der Waals surface area (Å²) in [6.07, 6.45) is 0.0889. The summed E-state index contributed by atoms with van der Waals surface area (Å²) in [5.41, 5.74) is 1.85. The van der Waals surface area contributed by atoms with Gasteiger partial charge in [-0.3, -0.25) is 9.59 Å². The van der Waals surface area contributed by atoms with Crippen LogP contribution in [0.5, 0.6) is 5.75 Å². The molecule has 7 nitrogen and oxygen atoms in total. The Morgan fingerprint density at radius 2 is 1.75 bits per heavy atom. The third kappa shape index (κ3) is 5.46. The van der Waals surface area contributed by atoms with Gasteiger partial charge in [0.2, 0.25) is 5.91 Å². The van der Waals surface area contributed by atoms with E-state index in [0.717, 1.165) is 16.9 Å². The third-order valence-electron chi connectivity index (χ3n) is 4.60. The van der Waals surface area contributed by atoms with E-state index < -0.39 is 11.9 Å². The fourth-order valence-corrected chi connectivity index (χ4v) is 4.32. The van der Waals surface area contributed by atoms with Gasteiger partial charge in [0.1, 0.15) is 10.8 Å². The molecule has 0 aliphatic carbocycles. The van der Waals surface area contributed by atoms with Gasteiger partial charge >= 0.3 is 5.97 Å². The summed E-state index contributed by atoms with van der Waals surface area (Å²) in [6.45, 7) is 1.63. The Bertz CT molecular complexity index is 1160. The predicted octanol–water partition coefficient (Wildman–Crippen LogP) is 4.94. The summed E-state index contributed by atoms with van der Waals surface area (Å²) in [7, 11) is 2.81. The minimum absolute atomic E-state index is 0.0889. The smallest absolute Gasteiger partial charge is 0.341 e. The number of carbonyl (C=O) groups excluding carboxylic acids is 3. The van der Waals surface area contributed by atoms with Crippen LogP contribution in [0.1, 0.15) is 31.2 Å². The quantitative estimate of drug-likeness (QED) is 0.475. The van der Waals surface area contributed by atoms with Gasteiger partial charge in [-0.1, -0.05) is 29.8 Å². The number of hydrogen-bond acceptors (Lipinski definition) is 6. The van der Waals surface area contributed by atoms with Crippen LogP contribution in [0.25, 0.3) is 0 Å². The van der Waals surface area contributed by atoms with Gasteiger partial charge in [0.15, 0.2) is 0 Å². The lowest BCUT2D eigenvalue weighted by Crippen LogP contribution is -2.16. The van der Waals surface area contributed by atoms with Crippen LogP contribution in [-0.4, -0.2) is 32.0 Å². The summed E-state index contributed by atoms with van der Waals surface area (Å²) in [5.74, 6) is -0.703. The van der Waals surface area contributed by atoms with E-state index in [1.54, 1.807) is 62.6 Å². The van der Waals surface area contributed by atoms with Crippen LogP contribution in [0.2, 0.25) is 5.02 Å². The summed E-state index contributed by atoms with van der Waals surface area (Å²) in [6, 6.07) is 13.8. The highest BCUT2D eigenvalue weighted by Crippen LogP contribution is 2.34. The molecule has 166 valence electrons. The van der Waals surface area contributed by atoms with Crippen LogP contribution in [0.3, 0.4) is 0 Å². The number of esters is 1. The van der Waals surface area contributed by atoms with Crippen LogP contribution in [0.15, 0.2) is 48.5 Å². The van der Waals surface area contributed by atoms with Gasteiger partial charge < -0.3 is 20.1 Å². The van der Waals surface area contributed by atoms with Crippen LogP contribution >= 0.6 is 22.9 Å². The zero-order valence-corrected chi connectivity index (χ0v) is 19.2. The number of anilines is 2. The predicted molar refractivity (Wildman–Crippen MR) is 125 cm³/mol. The molecule has 0 fully saturated rings. The number of carbonyl (C=O) groups is 3. The Hall–Kier alpha value is -3.36. The van der Waals surface area contributed by atoms with Gasteiger partial charge in [-0.05, 0) is 48.4 Å². The molecular formula is C23H21ClN2O5S. The number of amides is 2. The van der Waals surface area contributed by atoms with Gasteiger partial charge in [-0.25, -0.2) is 4.79 Å². The van der Waals surface area contributed by atoms with Crippen LogP contribution in [0, 0.1) is 6.92 Å². The Morgan fingerprint density at radius 1 is 1.03 bits per heavy atom. The summed E-state index contributed by atoms with van der Waals surface area (Å²) < 4.78 is 9.98. The molecule has 0 saturated carbocycles. The minimum Gasteiger partial charge on any atom is -0.497 e. The highest BCUT2D eigenvalue weighted by atomic mass is 35.5. The molecule has 32 heavy (non-hydrogen) atoms. The number of halogens is 1. The Morgan fingerprint density at radius 3 is 2.38 bits per heavy atom. The van der Waals surface area contributed by atoms with E-state index in [1.165, 1.54) is 7.11 Å². The molecule has 2 N–H and O–H groups in total. The maximum absolute atomic E-state index is 12.8. The molecule has 3 rings (SSSR count). The summed E-state index contributed by atoms with van der Waals surface area (Å²) >= 11 is 6.98. The van der Waals surface area contributed by atoms with Crippen molar-refractivity contribution in [3.8, 4) is 5.75 Å². The van der Waals surface area contributed by atoms with Crippen LogP contribution in [0.4, 0.5) is 10.7 Å². The van der Waals surface area contributed by atoms with Gasteiger partial charge in [0.25, 0.3) is 5.91 Å². The van der Waals surface area contributed by atoms with E-state index in [1.807, 2.05) is 0 Å². The molecule has 0 unspecified atom stereocenters. The Kier molecular flexibility index (Phi) is 7.50. The Labute approximate surface area is 194 Å². The molecule has 0 bridgehead atoms. The molecule has 0 spiro atoms. The molecule has 2 aromatic carbocycles. The fraction of sp³-hybridized carbons (Fsp3) is 0.174. The second-order valence-corrected chi connectivity index (χ2v) is 8.25. The first-order chi connectivity index (χ1) is 15.3. The molecule has 0 radical (unpaired) electrons. The maximum atomic E-state index is 12.8. The normalized spacial score (nSPS) is 10.4. The zero-order chi connectivity index (χ0) is 23.3. The largest absolute Gasteiger partial charge is 0.497 e. The standard InChI is InChI=1S/C23H21ClN2O5S/c1-13-19(23(29)31-3)22(26-18(27)11-14-7-9-17(30-2)10-8-14)32-20(13)21(28)25-16-6-4-5-15(24)12-16/h4-10,12H,11H2,1-3H3,(H,25,28)(H,26,27). The van der Waals surface area contributed by atoms with Gasteiger partial charge in [-0.2, -0.15) is 0 Å². The van der Waals surface area contributed by atoms with Crippen molar-refractivity contribution in [1.82, 2.24) is 0 Å². The maximum Gasteiger partial charge on any atom is 0.341 e. The highest BCUT2D eigenvalue weighted by molar-refractivity contribution is 7.18. The second-order valence-electron chi connectivity index (χ2n) is 6.79. The molecule has 0 aliphatic heterocycles. The van der Waals surface area contributed by atoms with Crippen molar-refractivity contribution >= 4 is 51.4 Å². The van der Waals surface area contributed by atoms with Crippen LogP contribution < -0.4 is 15.4 Å². The minimum atomic E-state index is -0.639. The molecular weight excluding hydrogens is 452 g/mol. The first-order valence-corrected chi connectivity index (χ1v) is 10.7.